The molecule has 40 heavy (non-hydrogen) atoms. The second kappa shape index (κ2) is 8.35. The average Bonchev–Trinajstić information content (AvgIpc) is 3.54. The van der Waals surface area contributed by atoms with Gasteiger partial charge in [0.05, 0.1) is 11.0 Å². The monoisotopic (exact) mass is 527 g/mol. The molecule has 0 aliphatic carbocycles. The van der Waals surface area contributed by atoms with Crippen molar-refractivity contribution in [3.63, 3.8) is 0 Å². The first-order valence-corrected chi connectivity index (χ1v) is 14.5. The molecule has 0 spiro atoms. The number of aromatic nitrogens is 1. The minimum Gasteiger partial charge on any atom is -0.458 e. The van der Waals surface area contributed by atoms with Crippen molar-refractivity contribution in [3.05, 3.63) is 133 Å². The van der Waals surface area contributed by atoms with E-state index >= 15 is 0 Å². The summed E-state index contributed by atoms with van der Waals surface area (Å²) < 4.78 is 11.3. The SMILES string of the molecule is c1ccc2c(c1)Oc1ccccc1B2c1ccc2c(c1)sc1ccc(-n3c4ccccc4c4ccccc43)cc12. The summed E-state index contributed by atoms with van der Waals surface area (Å²) in [6.45, 7) is 0.143. The molecule has 4 heteroatoms. The van der Waals surface area contributed by atoms with E-state index in [0.29, 0.717) is 0 Å². The summed E-state index contributed by atoms with van der Waals surface area (Å²) >= 11 is 1.88. The van der Waals surface area contributed by atoms with Gasteiger partial charge in [-0.05, 0) is 59.5 Å². The molecular formula is C36H22BNOS. The number of rotatable bonds is 2. The molecular weight excluding hydrogens is 505 g/mol. The summed E-state index contributed by atoms with van der Waals surface area (Å²) in [5, 5.41) is 5.18. The van der Waals surface area contributed by atoms with Crippen LogP contribution in [0.2, 0.25) is 0 Å². The minimum absolute atomic E-state index is 0.143. The molecule has 2 nitrogen and oxygen atoms in total. The van der Waals surface area contributed by atoms with Gasteiger partial charge in [-0.15, -0.1) is 11.3 Å². The Kier molecular flexibility index (Phi) is 4.61. The zero-order valence-corrected chi connectivity index (χ0v) is 22.4. The van der Waals surface area contributed by atoms with E-state index < -0.39 is 0 Å². The highest BCUT2D eigenvalue weighted by molar-refractivity contribution is 7.26. The van der Waals surface area contributed by atoms with Gasteiger partial charge in [0.15, 0.2) is 0 Å². The van der Waals surface area contributed by atoms with Gasteiger partial charge in [0.1, 0.15) is 11.5 Å². The molecule has 186 valence electrons. The standard InChI is InChI=1S/C36H22BNOS/c1-5-13-31-25(9-1)26-10-2-6-14-32(26)38(31)24-18-20-35-28(22-24)27-19-17-23(21-36(27)40-35)37-29-11-3-7-15-33(29)39-34-16-8-4-12-30(34)37/h1-22H. The fourth-order valence-electron chi connectivity index (χ4n) is 6.57. The van der Waals surface area contributed by atoms with E-state index in [-0.39, 0.29) is 6.71 Å². The topological polar surface area (TPSA) is 14.2 Å². The Labute approximate surface area is 235 Å². The second-order valence-corrected chi connectivity index (χ2v) is 11.6. The first-order valence-electron chi connectivity index (χ1n) is 13.6. The van der Waals surface area contributed by atoms with Crippen molar-refractivity contribution in [2.75, 3.05) is 0 Å². The Bertz CT molecular complexity index is 2180. The fourth-order valence-corrected chi connectivity index (χ4v) is 7.70. The van der Waals surface area contributed by atoms with Crippen LogP contribution >= 0.6 is 11.3 Å². The van der Waals surface area contributed by atoms with E-state index in [0.717, 1.165) is 11.5 Å². The number of ether oxygens (including phenoxy) is 1. The van der Waals surface area contributed by atoms with Crippen molar-refractivity contribution >= 4 is 76.4 Å². The second-order valence-electron chi connectivity index (χ2n) is 10.5. The van der Waals surface area contributed by atoms with Gasteiger partial charge < -0.3 is 9.30 Å². The number of nitrogens with zero attached hydrogens (tertiary/aromatic N) is 1. The summed E-state index contributed by atoms with van der Waals surface area (Å²) in [5.41, 5.74) is 7.40. The maximum absolute atomic E-state index is 6.27. The van der Waals surface area contributed by atoms with E-state index in [1.165, 1.54) is 64.1 Å². The first-order chi connectivity index (χ1) is 19.8. The van der Waals surface area contributed by atoms with Crippen LogP contribution in [0.5, 0.6) is 11.5 Å². The highest BCUT2D eigenvalue weighted by Crippen LogP contribution is 2.37. The van der Waals surface area contributed by atoms with Crippen LogP contribution in [-0.2, 0) is 0 Å². The Balaban J connectivity index is 1.23. The van der Waals surface area contributed by atoms with Crippen molar-refractivity contribution in [1.29, 1.82) is 0 Å². The van der Waals surface area contributed by atoms with Crippen LogP contribution in [0.1, 0.15) is 0 Å². The average molecular weight is 527 g/mol. The molecule has 0 fully saturated rings. The molecule has 0 bridgehead atoms. The molecule has 0 atom stereocenters. The quantitative estimate of drug-likeness (QED) is 0.210. The molecule has 8 aromatic rings. The van der Waals surface area contributed by atoms with Gasteiger partial charge in [0.2, 0.25) is 0 Å². The van der Waals surface area contributed by atoms with Gasteiger partial charge in [-0.25, -0.2) is 0 Å². The van der Waals surface area contributed by atoms with Crippen molar-refractivity contribution < 1.29 is 4.74 Å². The molecule has 1 aliphatic rings. The first kappa shape index (κ1) is 22.1. The zero-order valence-electron chi connectivity index (χ0n) is 21.5. The molecule has 0 N–H and O–H groups in total. The van der Waals surface area contributed by atoms with Crippen LogP contribution in [0.15, 0.2) is 133 Å². The number of hydrogen-bond acceptors (Lipinski definition) is 2. The van der Waals surface area contributed by atoms with Gasteiger partial charge in [0.25, 0.3) is 6.71 Å². The van der Waals surface area contributed by atoms with Crippen LogP contribution in [0.4, 0.5) is 0 Å². The third-order valence-corrected chi connectivity index (χ3v) is 9.46. The van der Waals surface area contributed by atoms with Gasteiger partial charge >= 0.3 is 0 Å². The smallest absolute Gasteiger partial charge is 0.250 e. The third kappa shape index (κ3) is 3.11. The summed E-state index contributed by atoms with van der Waals surface area (Å²) in [6.07, 6.45) is 0. The number of fused-ring (bicyclic) bond motifs is 8. The highest BCUT2D eigenvalue weighted by atomic mass is 32.1. The van der Waals surface area contributed by atoms with E-state index in [9.17, 15) is 0 Å². The molecule has 6 aromatic carbocycles. The molecule has 9 rings (SSSR count). The van der Waals surface area contributed by atoms with Crippen molar-refractivity contribution in [2.45, 2.75) is 0 Å². The molecule has 0 radical (unpaired) electrons. The van der Waals surface area contributed by atoms with Crippen LogP contribution in [0.3, 0.4) is 0 Å². The Hall–Kier alpha value is -4.80. The molecule has 0 amide bonds. The number of hydrogen-bond donors (Lipinski definition) is 0. The fraction of sp³-hybridized carbons (Fsp3) is 0. The summed E-state index contributed by atoms with van der Waals surface area (Å²) in [4.78, 5) is 0. The van der Waals surface area contributed by atoms with E-state index in [1.807, 2.05) is 23.5 Å². The lowest BCUT2D eigenvalue weighted by Gasteiger charge is -2.26. The van der Waals surface area contributed by atoms with E-state index in [1.54, 1.807) is 0 Å². The molecule has 2 aromatic heterocycles. The van der Waals surface area contributed by atoms with E-state index in [2.05, 4.69) is 126 Å². The van der Waals surface area contributed by atoms with Crippen LogP contribution in [-0.4, -0.2) is 11.3 Å². The minimum atomic E-state index is 0.143. The lowest BCUT2D eigenvalue weighted by molar-refractivity contribution is 0.487. The van der Waals surface area contributed by atoms with Gasteiger partial charge in [-0.2, -0.15) is 0 Å². The number of thiophene rings is 1. The highest BCUT2D eigenvalue weighted by Gasteiger charge is 2.32. The van der Waals surface area contributed by atoms with Crippen LogP contribution in [0, 0.1) is 0 Å². The third-order valence-electron chi connectivity index (χ3n) is 8.33. The van der Waals surface area contributed by atoms with Gasteiger partial charge in [-0.3, -0.25) is 0 Å². The van der Waals surface area contributed by atoms with Crippen LogP contribution in [0.25, 0.3) is 47.7 Å². The lowest BCUT2D eigenvalue weighted by atomic mass is 9.36. The lowest BCUT2D eigenvalue weighted by Crippen LogP contribution is -2.54. The van der Waals surface area contributed by atoms with Crippen molar-refractivity contribution in [3.8, 4) is 17.2 Å². The zero-order chi connectivity index (χ0) is 26.2. The Morgan fingerprint density at radius 1 is 0.500 bits per heavy atom. The Morgan fingerprint density at radius 2 is 1.12 bits per heavy atom. The van der Waals surface area contributed by atoms with Crippen LogP contribution < -0.4 is 21.1 Å². The van der Waals surface area contributed by atoms with Crippen molar-refractivity contribution in [2.24, 2.45) is 0 Å². The van der Waals surface area contributed by atoms with Gasteiger partial charge in [-0.1, -0.05) is 90.4 Å². The normalized spacial score (nSPS) is 12.7. The van der Waals surface area contributed by atoms with Crippen molar-refractivity contribution in [1.82, 2.24) is 4.57 Å². The summed E-state index contributed by atoms with van der Waals surface area (Å²) in [5.74, 6) is 1.89. The largest absolute Gasteiger partial charge is 0.458 e. The molecule has 3 heterocycles. The Morgan fingerprint density at radius 3 is 1.82 bits per heavy atom. The van der Waals surface area contributed by atoms with E-state index in [4.69, 9.17) is 4.74 Å². The summed E-state index contributed by atoms with van der Waals surface area (Å²) in [6, 6.07) is 48.2. The van der Waals surface area contributed by atoms with Gasteiger partial charge in [0, 0.05) is 36.6 Å². The summed E-state index contributed by atoms with van der Waals surface area (Å²) in [7, 11) is 0. The predicted molar refractivity (Wildman–Crippen MR) is 171 cm³/mol. The number of para-hydroxylation sites is 4. The molecule has 0 saturated carbocycles. The maximum Gasteiger partial charge on any atom is 0.250 e. The molecule has 1 aliphatic heterocycles. The maximum atomic E-state index is 6.27. The number of benzene rings is 6. The predicted octanol–water partition coefficient (Wildman–Crippen LogP) is 7.77. The molecule has 0 unspecified atom stereocenters. The molecule has 0 saturated heterocycles.